The molecule has 1 fully saturated rings. The maximum absolute atomic E-state index is 13.8. The summed E-state index contributed by atoms with van der Waals surface area (Å²) in [6, 6.07) is 6.50. The highest BCUT2D eigenvalue weighted by molar-refractivity contribution is 5.97. The number of nitrogens with two attached hydrogens (primary N) is 1. The van der Waals surface area contributed by atoms with Crippen LogP contribution in [-0.4, -0.2) is 40.0 Å². The van der Waals surface area contributed by atoms with Crippen LogP contribution in [-0.2, 0) is 17.9 Å². The van der Waals surface area contributed by atoms with Gasteiger partial charge in [0.05, 0.1) is 5.92 Å². The Morgan fingerprint density at radius 2 is 2.09 bits per heavy atom. The van der Waals surface area contributed by atoms with Gasteiger partial charge in [0.1, 0.15) is 11.6 Å². The molecule has 2 aromatic rings. The van der Waals surface area contributed by atoms with Crippen molar-refractivity contribution in [3.8, 4) is 0 Å². The second kappa shape index (κ2) is 12.2. The van der Waals surface area contributed by atoms with E-state index in [1.54, 1.807) is 6.07 Å². The number of rotatable bonds is 10. The third kappa shape index (κ3) is 6.81. The van der Waals surface area contributed by atoms with Crippen LogP contribution in [0.1, 0.15) is 58.4 Å². The number of likely N-dealkylation sites (tertiary alicyclic amines) is 1. The number of amides is 1. The number of hydrogen-bond acceptors (Lipinski definition) is 5. The van der Waals surface area contributed by atoms with Crippen LogP contribution in [0.15, 0.2) is 33.9 Å². The molecular weight excluding hydrogens is 449 g/mol. The quantitative estimate of drug-likeness (QED) is 0.535. The summed E-state index contributed by atoms with van der Waals surface area (Å²) >= 11 is 0. The number of carbonyl (C=O) groups excluding carboxylic acids is 1. The van der Waals surface area contributed by atoms with E-state index in [0.717, 1.165) is 31.4 Å². The second-order valence-corrected chi connectivity index (χ2v) is 9.87. The van der Waals surface area contributed by atoms with Gasteiger partial charge in [0.15, 0.2) is 5.69 Å². The molecule has 192 valence electrons. The third-order valence-corrected chi connectivity index (χ3v) is 6.57. The molecule has 1 amide bonds. The van der Waals surface area contributed by atoms with E-state index in [0.29, 0.717) is 44.9 Å². The zero-order chi connectivity index (χ0) is 25.5. The van der Waals surface area contributed by atoms with E-state index in [1.807, 2.05) is 13.0 Å². The van der Waals surface area contributed by atoms with Gasteiger partial charge in [-0.25, -0.2) is 9.18 Å². The van der Waals surface area contributed by atoms with Crippen LogP contribution in [0.2, 0.25) is 0 Å². The predicted molar refractivity (Wildman–Crippen MR) is 137 cm³/mol. The molecule has 1 aliphatic rings. The van der Waals surface area contributed by atoms with Crippen molar-refractivity contribution in [2.24, 2.45) is 11.8 Å². The summed E-state index contributed by atoms with van der Waals surface area (Å²) in [6.45, 7) is 8.72. The molecule has 0 aliphatic carbocycles. The number of nitrogens with zero attached hydrogens (tertiary/aromatic N) is 3. The highest BCUT2D eigenvalue weighted by Crippen LogP contribution is 2.26. The number of unbranched alkanes of at least 4 members (excludes halogenated alkanes) is 1. The van der Waals surface area contributed by atoms with Crippen LogP contribution in [0.4, 0.5) is 15.9 Å². The van der Waals surface area contributed by atoms with E-state index in [-0.39, 0.29) is 29.1 Å². The third-order valence-electron chi connectivity index (χ3n) is 6.57. The summed E-state index contributed by atoms with van der Waals surface area (Å²) in [6.07, 6.45) is 3.81. The summed E-state index contributed by atoms with van der Waals surface area (Å²) < 4.78 is 15.0. The molecule has 1 aromatic carbocycles. The van der Waals surface area contributed by atoms with Gasteiger partial charge in [-0.1, -0.05) is 39.3 Å². The molecule has 1 saturated heterocycles. The van der Waals surface area contributed by atoms with E-state index >= 15 is 0 Å². The Morgan fingerprint density at radius 1 is 1.31 bits per heavy atom. The summed E-state index contributed by atoms with van der Waals surface area (Å²) in [5.74, 6) is -0.407. The Labute approximate surface area is 205 Å². The Morgan fingerprint density at radius 3 is 2.77 bits per heavy atom. The molecule has 3 rings (SSSR count). The minimum atomic E-state index is -0.634. The highest BCUT2D eigenvalue weighted by atomic mass is 19.1. The molecule has 1 unspecified atom stereocenters. The fraction of sp³-hybridized carbons (Fsp3) is 0.577. The zero-order valence-corrected chi connectivity index (χ0v) is 21.1. The number of aromatic amines is 1. The van der Waals surface area contributed by atoms with Crippen LogP contribution < -0.4 is 21.9 Å². The van der Waals surface area contributed by atoms with Gasteiger partial charge in [-0.3, -0.25) is 24.0 Å². The van der Waals surface area contributed by atoms with Crippen molar-refractivity contribution in [2.75, 3.05) is 30.3 Å². The number of nitrogens with one attached hydrogen (secondary N) is 1. The van der Waals surface area contributed by atoms with Gasteiger partial charge in [0, 0.05) is 26.2 Å². The van der Waals surface area contributed by atoms with E-state index in [2.05, 4.69) is 23.7 Å². The maximum Gasteiger partial charge on any atom is 0.330 e. The van der Waals surface area contributed by atoms with Crippen LogP contribution in [0.5, 0.6) is 0 Å². The smallest absolute Gasteiger partial charge is 0.330 e. The number of carbonyl (C=O) groups is 1. The molecule has 0 spiro atoms. The van der Waals surface area contributed by atoms with E-state index in [4.69, 9.17) is 5.73 Å². The summed E-state index contributed by atoms with van der Waals surface area (Å²) in [4.78, 5) is 45.1. The lowest BCUT2D eigenvalue weighted by Gasteiger charge is -2.35. The molecule has 8 nitrogen and oxygen atoms in total. The Balaban J connectivity index is 1.89. The first kappa shape index (κ1) is 26.7. The van der Waals surface area contributed by atoms with Crippen molar-refractivity contribution in [1.82, 2.24) is 14.5 Å². The summed E-state index contributed by atoms with van der Waals surface area (Å²) in [5, 5.41) is 0. The molecule has 1 atom stereocenters. The molecule has 35 heavy (non-hydrogen) atoms. The van der Waals surface area contributed by atoms with Gasteiger partial charge in [0.2, 0.25) is 5.91 Å². The topological polar surface area (TPSA) is 104 Å². The van der Waals surface area contributed by atoms with Crippen molar-refractivity contribution >= 4 is 17.4 Å². The minimum Gasteiger partial charge on any atom is -0.383 e. The molecule has 1 aliphatic heterocycles. The van der Waals surface area contributed by atoms with E-state index in [1.165, 1.54) is 21.6 Å². The average Bonchev–Trinajstić information content (AvgIpc) is 2.80. The standard InChI is InChI=1S/C26H38FN5O3/c1-4-5-13-32-23(28)22(24(33)29-26(32)35)31(14-11-18(2)3)25(34)20-9-7-12-30(17-20)16-19-8-6-10-21(27)15-19/h6,8,10,15,18,20H,4-5,7,9,11-14,16-17,28H2,1-3H3,(H,29,33,35). The van der Waals surface area contributed by atoms with Gasteiger partial charge >= 0.3 is 5.69 Å². The minimum absolute atomic E-state index is 0.0386. The SMILES string of the molecule is CCCCn1c(N)c(N(CCC(C)C)C(=O)C2CCCN(Cc3cccc(F)c3)C2)c(=O)[nH]c1=O. The molecule has 0 saturated carbocycles. The first-order valence-electron chi connectivity index (χ1n) is 12.6. The van der Waals surface area contributed by atoms with Crippen LogP contribution >= 0.6 is 0 Å². The largest absolute Gasteiger partial charge is 0.383 e. The van der Waals surface area contributed by atoms with Crippen molar-refractivity contribution in [1.29, 1.82) is 0 Å². The first-order chi connectivity index (χ1) is 16.7. The molecule has 3 N–H and O–H groups in total. The lowest BCUT2D eigenvalue weighted by Crippen LogP contribution is -2.48. The second-order valence-electron chi connectivity index (χ2n) is 9.87. The van der Waals surface area contributed by atoms with Gasteiger partial charge in [-0.2, -0.15) is 0 Å². The van der Waals surface area contributed by atoms with Crippen molar-refractivity contribution in [3.05, 3.63) is 56.5 Å². The monoisotopic (exact) mass is 487 g/mol. The summed E-state index contributed by atoms with van der Waals surface area (Å²) in [5.41, 5.74) is 6.08. The Bertz CT molecular complexity index is 1130. The maximum atomic E-state index is 13.8. The number of benzene rings is 1. The van der Waals surface area contributed by atoms with Gasteiger partial charge in [-0.05, 0) is 55.8 Å². The molecule has 0 radical (unpaired) electrons. The van der Waals surface area contributed by atoms with E-state index < -0.39 is 11.2 Å². The number of H-pyrrole nitrogens is 1. The fourth-order valence-corrected chi connectivity index (χ4v) is 4.61. The van der Waals surface area contributed by atoms with Crippen molar-refractivity contribution in [2.45, 2.75) is 66.0 Å². The molecule has 2 heterocycles. The van der Waals surface area contributed by atoms with E-state index in [9.17, 15) is 18.8 Å². The fourth-order valence-electron chi connectivity index (χ4n) is 4.61. The van der Waals surface area contributed by atoms with Crippen LogP contribution in [0, 0.1) is 17.7 Å². The number of hydrogen-bond donors (Lipinski definition) is 2. The lowest BCUT2D eigenvalue weighted by molar-refractivity contribution is -0.124. The normalized spacial score (nSPS) is 16.5. The molecule has 1 aromatic heterocycles. The van der Waals surface area contributed by atoms with Gasteiger partial charge < -0.3 is 10.6 Å². The predicted octanol–water partition coefficient (Wildman–Crippen LogP) is 3.35. The Hall–Kier alpha value is -2.94. The summed E-state index contributed by atoms with van der Waals surface area (Å²) in [7, 11) is 0. The average molecular weight is 488 g/mol. The highest BCUT2D eigenvalue weighted by Gasteiger charge is 2.32. The van der Waals surface area contributed by atoms with Crippen LogP contribution in [0.3, 0.4) is 0 Å². The molecule has 9 heteroatoms. The van der Waals surface area contributed by atoms with Crippen LogP contribution in [0.25, 0.3) is 0 Å². The Kier molecular flexibility index (Phi) is 9.26. The number of aromatic nitrogens is 2. The number of halogens is 1. The van der Waals surface area contributed by atoms with Gasteiger partial charge in [0.25, 0.3) is 5.56 Å². The number of piperidine rings is 1. The first-order valence-corrected chi connectivity index (χ1v) is 12.6. The van der Waals surface area contributed by atoms with Crippen molar-refractivity contribution in [3.63, 3.8) is 0 Å². The van der Waals surface area contributed by atoms with Gasteiger partial charge in [-0.15, -0.1) is 0 Å². The number of anilines is 2. The molecular formula is C26H38FN5O3. The van der Waals surface area contributed by atoms with Crippen molar-refractivity contribution < 1.29 is 9.18 Å². The zero-order valence-electron chi connectivity index (χ0n) is 21.1. The molecule has 0 bridgehead atoms. The number of nitrogen functional groups attached to an aromatic ring is 1. The lowest BCUT2D eigenvalue weighted by atomic mass is 9.95.